The first kappa shape index (κ1) is 115. The van der Waals surface area contributed by atoms with Crippen LogP contribution in [-0.4, -0.2) is 47.8 Å². The van der Waals surface area contributed by atoms with E-state index in [1.54, 1.807) is 12.2 Å². The van der Waals surface area contributed by atoms with Crippen LogP contribution in [0.5, 0.6) is 0 Å². The normalized spacial score (nSPS) is 1.67. The zero-order valence-corrected chi connectivity index (χ0v) is 9.28. The minimum atomic E-state index is 0. The molecule has 0 aliphatic heterocycles. The van der Waals surface area contributed by atoms with E-state index in [2.05, 4.69) is 13.2 Å². The van der Waals surface area contributed by atoms with Crippen LogP contribution in [0.25, 0.3) is 0 Å². The Kier molecular flexibility index (Phi) is 1500. The SMILES string of the molecule is C.C.C.C.C.C.C=CC=C.[Sn].[Sn]. The van der Waals surface area contributed by atoms with Crippen LogP contribution in [0.2, 0.25) is 0 Å². The van der Waals surface area contributed by atoms with Crippen molar-refractivity contribution >= 4 is 47.8 Å². The van der Waals surface area contributed by atoms with Crippen molar-refractivity contribution in [2.24, 2.45) is 0 Å². The maximum absolute atomic E-state index is 3.36. The third-order valence-electron chi connectivity index (χ3n) is 0.167. The average Bonchev–Trinajstić information content (AvgIpc) is 1.37. The molecule has 12 heavy (non-hydrogen) atoms. The molecule has 0 aliphatic carbocycles. The Bertz CT molecular complexity index is 28.8. The van der Waals surface area contributed by atoms with E-state index in [1.807, 2.05) is 0 Å². The van der Waals surface area contributed by atoms with Crippen LogP contribution in [0.4, 0.5) is 0 Å². The summed E-state index contributed by atoms with van der Waals surface area (Å²) in [4.78, 5) is 0. The molecule has 2 heteroatoms. The fourth-order valence-electron chi connectivity index (χ4n) is 0. The molecule has 0 aromatic rings. The van der Waals surface area contributed by atoms with Gasteiger partial charge >= 0.3 is 0 Å². The van der Waals surface area contributed by atoms with E-state index < -0.39 is 0 Å². The van der Waals surface area contributed by atoms with Gasteiger partial charge in [0.15, 0.2) is 0 Å². The molecule has 0 spiro atoms. The molecule has 8 radical (unpaired) electrons. The number of rotatable bonds is 1. The van der Waals surface area contributed by atoms with Gasteiger partial charge < -0.3 is 0 Å². The molecule has 0 heterocycles. The Morgan fingerprint density at radius 1 is 0.500 bits per heavy atom. The minimum absolute atomic E-state index is 0. The monoisotopic (exact) mass is 390 g/mol. The molecule has 0 rings (SSSR count). The van der Waals surface area contributed by atoms with Gasteiger partial charge in [0.2, 0.25) is 0 Å². The zero-order chi connectivity index (χ0) is 3.41. The standard InChI is InChI=1S/C4H6.6CH4.2Sn/c1-3-4-2;;;;;;;;/h3-4H,1-2H2;6*1H4;;. The fourth-order valence-corrected chi connectivity index (χ4v) is 0. The molecule has 0 aromatic carbocycles. The van der Waals surface area contributed by atoms with Gasteiger partial charge in [-0.1, -0.05) is 69.9 Å². The molecule has 0 aliphatic rings. The second-order valence-electron chi connectivity index (χ2n) is 0.471. The first-order valence-corrected chi connectivity index (χ1v) is 1.15. The van der Waals surface area contributed by atoms with Gasteiger partial charge in [-0.15, -0.1) is 0 Å². The van der Waals surface area contributed by atoms with Gasteiger partial charge in [-0.3, -0.25) is 0 Å². The summed E-state index contributed by atoms with van der Waals surface area (Å²) in [5.41, 5.74) is 0. The Morgan fingerprint density at radius 2 is 0.583 bits per heavy atom. The van der Waals surface area contributed by atoms with Crippen LogP contribution in [0.15, 0.2) is 25.3 Å². The summed E-state index contributed by atoms with van der Waals surface area (Å²) in [7, 11) is 0. The summed E-state index contributed by atoms with van der Waals surface area (Å²) in [6.45, 7) is 6.72. The van der Waals surface area contributed by atoms with Crippen LogP contribution in [0.3, 0.4) is 0 Å². The van der Waals surface area contributed by atoms with Crippen LogP contribution in [-0.2, 0) is 0 Å². The molecule has 0 N–H and O–H groups in total. The van der Waals surface area contributed by atoms with Crippen molar-refractivity contribution in [3.05, 3.63) is 25.3 Å². The Hall–Kier alpha value is 1.08. The van der Waals surface area contributed by atoms with Crippen molar-refractivity contribution in [3.63, 3.8) is 0 Å². The summed E-state index contributed by atoms with van der Waals surface area (Å²) in [6.07, 6.45) is 3.28. The predicted octanol–water partition coefficient (Wildman–Crippen LogP) is 4.41. The zero-order valence-electron chi connectivity index (χ0n) is 3.57. The van der Waals surface area contributed by atoms with E-state index in [0.717, 1.165) is 0 Å². The fraction of sp³-hybridized carbons (Fsp3) is 0.600. The maximum atomic E-state index is 3.36. The van der Waals surface area contributed by atoms with Gasteiger partial charge in [-0.25, -0.2) is 0 Å². The molecule has 0 saturated heterocycles. The molecule has 0 unspecified atom stereocenters. The second-order valence-corrected chi connectivity index (χ2v) is 0.471. The van der Waals surface area contributed by atoms with Crippen molar-refractivity contribution in [1.29, 1.82) is 0 Å². The largest absolute Gasteiger partial charge is 0.0991 e. The molecule has 0 atom stereocenters. The molecule has 0 fully saturated rings. The van der Waals surface area contributed by atoms with Gasteiger partial charge in [0.1, 0.15) is 0 Å². The third kappa shape index (κ3) is 261. The molecular formula is C10H30Sn2. The number of allylic oxidation sites excluding steroid dienone is 2. The summed E-state index contributed by atoms with van der Waals surface area (Å²) < 4.78 is 0. The predicted molar refractivity (Wildman–Crippen MR) is 72.3 cm³/mol. The van der Waals surface area contributed by atoms with Crippen molar-refractivity contribution in [1.82, 2.24) is 0 Å². The minimum Gasteiger partial charge on any atom is -0.0991 e. The van der Waals surface area contributed by atoms with Crippen molar-refractivity contribution in [2.45, 2.75) is 44.6 Å². The van der Waals surface area contributed by atoms with Crippen molar-refractivity contribution < 1.29 is 0 Å². The summed E-state index contributed by atoms with van der Waals surface area (Å²) >= 11 is 0. The maximum Gasteiger partial charge on any atom is 0 e. The number of hydrogen-bond acceptors (Lipinski definition) is 0. The Labute approximate surface area is 117 Å². The van der Waals surface area contributed by atoms with E-state index in [9.17, 15) is 0 Å². The van der Waals surface area contributed by atoms with Crippen LogP contribution in [0.1, 0.15) is 44.6 Å². The van der Waals surface area contributed by atoms with E-state index in [4.69, 9.17) is 0 Å². The summed E-state index contributed by atoms with van der Waals surface area (Å²) in [5.74, 6) is 0. The Balaban J connectivity index is -0.00000000161. The van der Waals surface area contributed by atoms with Gasteiger partial charge in [-0.05, 0) is 0 Å². The first-order valence-electron chi connectivity index (χ1n) is 1.15. The smallest absolute Gasteiger partial charge is 0 e. The van der Waals surface area contributed by atoms with Crippen molar-refractivity contribution in [2.75, 3.05) is 0 Å². The molecule has 0 bridgehead atoms. The molecule has 0 nitrogen and oxygen atoms in total. The molecule has 78 valence electrons. The second kappa shape index (κ2) is 156. The quantitative estimate of drug-likeness (QED) is 0.462. The van der Waals surface area contributed by atoms with E-state index in [-0.39, 0.29) is 92.4 Å². The first-order chi connectivity index (χ1) is 1.91. The van der Waals surface area contributed by atoms with Crippen LogP contribution >= 0.6 is 0 Å². The molecule has 0 aromatic heterocycles. The van der Waals surface area contributed by atoms with Gasteiger partial charge in [-0.2, -0.15) is 0 Å². The topological polar surface area (TPSA) is 0 Å². The number of hydrogen-bond donors (Lipinski definition) is 0. The van der Waals surface area contributed by atoms with Crippen molar-refractivity contribution in [3.8, 4) is 0 Å². The van der Waals surface area contributed by atoms with Gasteiger partial charge in [0, 0.05) is 47.8 Å². The van der Waals surface area contributed by atoms with Gasteiger partial charge in [0.05, 0.1) is 0 Å². The molecule has 0 saturated carbocycles. The summed E-state index contributed by atoms with van der Waals surface area (Å²) in [5, 5.41) is 0. The average molecular weight is 388 g/mol. The van der Waals surface area contributed by atoms with Crippen LogP contribution < -0.4 is 0 Å². The van der Waals surface area contributed by atoms with E-state index in [0.29, 0.717) is 0 Å². The third-order valence-corrected chi connectivity index (χ3v) is 0.167. The molecular weight excluding hydrogens is 358 g/mol. The van der Waals surface area contributed by atoms with E-state index >= 15 is 0 Å². The Morgan fingerprint density at radius 3 is 0.583 bits per heavy atom. The van der Waals surface area contributed by atoms with Crippen LogP contribution in [0, 0.1) is 0 Å². The summed E-state index contributed by atoms with van der Waals surface area (Å²) in [6, 6.07) is 0. The van der Waals surface area contributed by atoms with E-state index in [1.165, 1.54) is 0 Å². The van der Waals surface area contributed by atoms with Gasteiger partial charge in [0.25, 0.3) is 0 Å². The molecule has 0 amide bonds.